The minimum atomic E-state index is -4.31. The highest BCUT2D eigenvalue weighted by atomic mass is 19.4. The molecule has 2 aliphatic heterocycles. The molecule has 2 N–H and O–H groups in total. The molecule has 2 aliphatic rings. The summed E-state index contributed by atoms with van der Waals surface area (Å²) < 4.78 is 38.8. The van der Waals surface area contributed by atoms with Crippen molar-refractivity contribution in [2.45, 2.75) is 57.8 Å². The molecule has 186 valence electrons. The Morgan fingerprint density at radius 2 is 1.76 bits per heavy atom. The summed E-state index contributed by atoms with van der Waals surface area (Å²) in [4.78, 5) is 18.9. The molecule has 2 saturated heterocycles. The van der Waals surface area contributed by atoms with Crippen LogP contribution in [0.25, 0.3) is 0 Å². The summed E-state index contributed by atoms with van der Waals surface area (Å²) in [5.74, 6) is 0. The number of hydrogen-bond donors (Lipinski definition) is 2. The number of rotatable bonds is 8. The van der Waals surface area contributed by atoms with Gasteiger partial charge in [-0.3, -0.25) is 4.90 Å². The number of piperazine rings is 1. The van der Waals surface area contributed by atoms with Crippen LogP contribution in [0.5, 0.6) is 0 Å². The second-order valence-corrected chi connectivity index (χ2v) is 9.39. The van der Waals surface area contributed by atoms with Gasteiger partial charge in [-0.25, -0.2) is 4.79 Å². The van der Waals surface area contributed by atoms with Crippen molar-refractivity contribution in [3.63, 3.8) is 0 Å². The predicted octanol–water partition coefficient (Wildman–Crippen LogP) is 3.78. The van der Waals surface area contributed by atoms with Crippen LogP contribution in [0, 0.1) is 0 Å². The maximum atomic E-state index is 12.9. The van der Waals surface area contributed by atoms with Gasteiger partial charge in [-0.1, -0.05) is 6.07 Å². The van der Waals surface area contributed by atoms with Crippen LogP contribution in [-0.2, 0) is 6.18 Å². The number of carbonyl (C=O) groups excluding carboxylic acids is 1. The van der Waals surface area contributed by atoms with Gasteiger partial charge in [0.2, 0.25) is 0 Å². The molecule has 0 unspecified atom stereocenters. The maximum absolute atomic E-state index is 12.9. The lowest BCUT2D eigenvalue weighted by Gasteiger charge is -2.36. The number of halogens is 3. The van der Waals surface area contributed by atoms with Gasteiger partial charge < -0.3 is 20.4 Å². The van der Waals surface area contributed by atoms with Crippen LogP contribution in [-0.4, -0.2) is 80.3 Å². The third kappa shape index (κ3) is 8.07. The maximum Gasteiger partial charge on any atom is 0.416 e. The largest absolute Gasteiger partial charge is 0.416 e. The van der Waals surface area contributed by atoms with Crippen molar-refractivity contribution in [1.29, 1.82) is 0 Å². The minimum absolute atomic E-state index is 0.0762. The quantitative estimate of drug-likeness (QED) is 0.569. The molecule has 0 radical (unpaired) electrons. The lowest BCUT2D eigenvalue weighted by atomic mass is 10.0. The summed E-state index contributed by atoms with van der Waals surface area (Å²) in [6, 6.07) is 6.31. The highest BCUT2D eigenvalue weighted by molar-refractivity contribution is 5.74. The normalized spacial score (nSPS) is 19.2. The lowest BCUT2D eigenvalue weighted by Crippen LogP contribution is -2.49. The van der Waals surface area contributed by atoms with E-state index in [1.165, 1.54) is 12.1 Å². The van der Waals surface area contributed by atoms with Gasteiger partial charge in [-0.2, -0.15) is 13.2 Å². The Hall–Kier alpha value is -2.00. The number of benzene rings is 1. The van der Waals surface area contributed by atoms with Gasteiger partial charge in [0, 0.05) is 63.6 Å². The number of piperidine rings is 1. The average Bonchev–Trinajstić information content (AvgIpc) is 2.79. The zero-order chi connectivity index (χ0) is 23.8. The Morgan fingerprint density at radius 3 is 2.39 bits per heavy atom. The summed E-state index contributed by atoms with van der Waals surface area (Å²) >= 11 is 0. The number of amides is 2. The first-order chi connectivity index (χ1) is 15.7. The first-order valence-electron chi connectivity index (χ1n) is 12.2. The molecule has 0 spiro atoms. The van der Waals surface area contributed by atoms with Crippen molar-refractivity contribution in [3.05, 3.63) is 29.8 Å². The molecule has 2 amide bonds. The molecule has 0 saturated carbocycles. The number of carbonyl (C=O) groups is 1. The van der Waals surface area contributed by atoms with Crippen LogP contribution in [0.1, 0.15) is 45.1 Å². The molecule has 3 rings (SSSR count). The van der Waals surface area contributed by atoms with Crippen molar-refractivity contribution in [2.24, 2.45) is 0 Å². The zero-order valence-corrected chi connectivity index (χ0v) is 19.8. The second kappa shape index (κ2) is 11.9. The van der Waals surface area contributed by atoms with Gasteiger partial charge in [-0.05, 0) is 64.3 Å². The molecule has 1 aromatic carbocycles. The summed E-state index contributed by atoms with van der Waals surface area (Å²) in [5.41, 5.74) is 0.0366. The molecule has 9 heteroatoms. The van der Waals surface area contributed by atoms with Crippen LogP contribution in [0.2, 0.25) is 0 Å². The molecular weight excluding hydrogens is 431 g/mol. The first-order valence-corrected chi connectivity index (χ1v) is 12.2. The highest BCUT2D eigenvalue weighted by Gasteiger charge is 2.31. The van der Waals surface area contributed by atoms with Crippen molar-refractivity contribution < 1.29 is 18.0 Å². The third-order valence-electron chi connectivity index (χ3n) is 6.69. The van der Waals surface area contributed by atoms with E-state index in [1.54, 1.807) is 6.07 Å². The number of likely N-dealkylation sites (tertiary alicyclic amines) is 1. The molecule has 6 nitrogen and oxygen atoms in total. The fourth-order valence-electron chi connectivity index (χ4n) is 4.57. The molecular formula is C24H38F3N5O. The third-order valence-corrected chi connectivity index (χ3v) is 6.69. The second-order valence-electron chi connectivity index (χ2n) is 9.39. The smallest absolute Gasteiger partial charge is 0.369 e. The number of nitrogens with zero attached hydrogens (tertiary/aromatic N) is 3. The Labute approximate surface area is 195 Å². The SMILES string of the molecule is CC(C)N1CCC(NC(=O)NCCCCN2CCN(c3cccc(C(F)(F)F)c3)CC2)CC1. The van der Waals surface area contributed by atoms with Gasteiger partial charge in [0.25, 0.3) is 0 Å². The fraction of sp³-hybridized carbons (Fsp3) is 0.708. The molecule has 0 aliphatic carbocycles. The van der Waals surface area contributed by atoms with E-state index in [2.05, 4.69) is 34.3 Å². The molecule has 33 heavy (non-hydrogen) atoms. The van der Waals surface area contributed by atoms with Crippen molar-refractivity contribution >= 4 is 11.7 Å². The van der Waals surface area contributed by atoms with Crippen LogP contribution >= 0.6 is 0 Å². The van der Waals surface area contributed by atoms with E-state index in [9.17, 15) is 18.0 Å². The molecule has 2 fully saturated rings. The predicted molar refractivity (Wildman–Crippen MR) is 126 cm³/mol. The Balaban J connectivity index is 1.26. The number of nitrogens with one attached hydrogen (secondary N) is 2. The highest BCUT2D eigenvalue weighted by Crippen LogP contribution is 2.31. The number of hydrogen-bond acceptors (Lipinski definition) is 4. The van der Waals surface area contributed by atoms with Crippen LogP contribution in [0.4, 0.5) is 23.7 Å². The fourth-order valence-corrected chi connectivity index (χ4v) is 4.57. The molecule has 0 bridgehead atoms. The molecule has 0 aromatic heterocycles. The van der Waals surface area contributed by atoms with Crippen LogP contribution in [0.15, 0.2) is 24.3 Å². The van der Waals surface area contributed by atoms with E-state index in [1.807, 2.05) is 4.90 Å². The molecule has 2 heterocycles. The lowest BCUT2D eigenvalue weighted by molar-refractivity contribution is -0.137. The standard InChI is InChI=1S/C24H38F3N5O/c1-19(2)31-12-8-21(9-13-31)29-23(33)28-10-3-4-11-30-14-16-32(17-15-30)22-7-5-6-20(18-22)24(25,26)27/h5-7,18-19,21H,3-4,8-17H2,1-2H3,(H2,28,29,33). The van der Waals surface area contributed by atoms with Crippen LogP contribution < -0.4 is 15.5 Å². The van der Waals surface area contributed by atoms with Gasteiger partial charge >= 0.3 is 12.2 Å². The number of urea groups is 1. The van der Waals surface area contributed by atoms with E-state index in [0.29, 0.717) is 18.3 Å². The minimum Gasteiger partial charge on any atom is -0.369 e. The Morgan fingerprint density at radius 1 is 1.06 bits per heavy atom. The summed E-state index contributed by atoms with van der Waals surface area (Å²) in [7, 11) is 0. The average molecular weight is 470 g/mol. The number of alkyl halides is 3. The summed E-state index contributed by atoms with van der Waals surface area (Å²) in [6.07, 6.45) is -0.423. The van der Waals surface area contributed by atoms with Crippen molar-refractivity contribution in [1.82, 2.24) is 20.4 Å². The van der Waals surface area contributed by atoms with Crippen molar-refractivity contribution in [2.75, 3.05) is 57.3 Å². The zero-order valence-electron chi connectivity index (χ0n) is 19.8. The Bertz CT molecular complexity index is 742. The van der Waals surface area contributed by atoms with Crippen LogP contribution in [0.3, 0.4) is 0 Å². The van der Waals surface area contributed by atoms with Crippen molar-refractivity contribution in [3.8, 4) is 0 Å². The van der Waals surface area contributed by atoms with E-state index in [-0.39, 0.29) is 12.1 Å². The van der Waals surface area contributed by atoms with Gasteiger partial charge in [0.15, 0.2) is 0 Å². The molecule has 0 atom stereocenters. The van der Waals surface area contributed by atoms with E-state index in [4.69, 9.17) is 0 Å². The van der Waals surface area contributed by atoms with E-state index < -0.39 is 11.7 Å². The van der Waals surface area contributed by atoms with Gasteiger partial charge in [-0.15, -0.1) is 0 Å². The summed E-state index contributed by atoms with van der Waals surface area (Å²) in [6.45, 7) is 11.2. The summed E-state index contributed by atoms with van der Waals surface area (Å²) in [5, 5.41) is 6.05. The monoisotopic (exact) mass is 469 g/mol. The van der Waals surface area contributed by atoms with E-state index >= 15 is 0 Å². The van der Waals surface area contributed by atoms with Gasteiger partial charge in [0.1, 0.15) is 0 Å². The van der Waals surface area contributed by atoms with E-state index in [0.717, 1.165) is 77.6 Å². The Kier molecular flexibility index (Phi) is 9.26. The molecule has 1 aromatic rings. The topological polar surface area (TPSA) is 50.9 Å². The number of anilines is 1. The number of unbranched alkanes of at least 4 members (excludes halogenated alkanes) is 1. The van der Waals surface area contributed by atoms with Gasteiger partial charge in [0.05, 0.1) is 5.56 Å². The first kappa shape index (κ1) is 25.6.